The number of hydrogen-bond donors (Lipinski definition) is 0. The van der Waals surface area contributed by atoms with Crippen molar-refractivity contribution in [2.24, 2.45) is 5.92 Å². The second-order valence-corrected chi connectivity index (χ2v) is 5.35. The lowest BCUT2D eigenvalue weighted by molar-refractivity contribution is -0.384. The highest BCUT2D eigenvalue weighted by molar-refractivity contribution is 6.28. The van der Waals surface area contributed by atoms with Crippen LogP contribution in [0.25, 0.3) is 0 Å². The van der Waals surface area contributed by atoms with Gasteiger partial charge >= 0.3 is 5.69 Å². The number of hydrogen-bond acceptors (Lipinski definition) is 6. The van der Waals surface area contributed by atoms with Crippen LogP contribution in [0.1, 0.15) is 33.6 Å². The maximum Gasteiger partial charge on any atom is 0.329 e. The van der Waals surface area contributed by atoms with Crippen LogP contribution in [0.2, 0.25) is 5.28 Å². The summed E-state index contributed by atoms with van der Waals surface area (Å²) in [5, 5.41) is 11.1. The van der Waals surface area contributed by atoms with Gasteiger partial charge in [0.15, 0.2) is 0 Å². The van der Waals surface area contributed by atoms with Crippen molar-refractivity contribution < 1.29 is 9.72 Å². The number of anilines is 1. The van der Waals surface area contributed by atoms with Crippen LogP contribution in [0.15, 0.2) is 6.20 Å². The molecule has 0 saturated heterocycles. The van der Waals surface area contributed by atoms with E-state index in [4.69, 9.17) is 11.6 Å². The predicted octanol–water partition coefficient (Wildman–Crippen LogP) is 2.87. The van der Waals surface area contributed by atoms with Crippen molar-refractivity contribution in [2.45, 2.75) is 39.7 Å². The van der Waals surface area contributed by atoms with Crippen LogP contribution in [0, 0.1) is 16.0 Å². The monoisotopic (exact) mass is 314 g/mol. The number of aldehydes is 1. The fraction of sp³-hybridized carbons (Fsp3) is 0.615. The minimum absolute atomic E-state index is 0.00191. The van der Waals surface area contributed by atoms with Gasteiger partial charge in [-0.1, -0.05) is 20.3 Å². The average molecular weight is 315 g/mol. The van der Waals surface area contributed by atoms with Crippen LogP contribution in [0.3, 0.4) is 0 Å². The van der Waals surface area contributed by atoms with Crippen LogP contribution in [-0.2, 0) is 4.79 Å². The van der Waals surface area contributed by atoms with E-state index in [0.717, 1.165) is 25.3 Å². The van der Waals surface area contributed by atoms with Gasteiger partial charge in [0.2, 0.25) is 11.1 Å². The number of nitrogens with zero attached hydrogens (tertiary/aromatic N) is 4. The molecule has 7 nitrogen and oxygen atoms in total. The molecule has 0 fully saturated rings. The SMILES string of the molecule is CCCC(C)N(CC(C)C=O)c1nc(Cl)ncc1[N+](=O)[O-]. The summed E-state index contributed by atoms with van der Waals surface area (Å²) >= 11 is 5.78. The normalized spacial score (nSPS) is 13.5. The average Bonchev–Trinajstić information content (AvgIpc) is 2.44. The molecule has 2 unspecified atom stereocenters. The number of rotatable bonds is 8. The summed E-state index contributed by atoms with van der Waals surface area (Å²) < 4.78 is 0. The highest BCUT2D eigenvalue weighted by atomic mass is 35.5. The largest absolute Gasteiger partial charge is 0.347 e. The highest BCUT2D eigenvalue weighted by Crippen LogP contribution is 2.29. The molecule has 0 aromatic carbocycles. The van der Waals surface area contributed by atoms with Gasteiger partial charge in [-0.05, 0) is 24.9 Å². The van der Waals surface area contributed by atoms with Crippen molar-refractivity contribution in [2.75, 3.05) is 11.4 Å². The molecule has 0 saturated carbocycles. The molecule has 1 rings (SSSR count). The lowest BCUT2D eigenvalue weighted by Crippen LogP contribution is -2.38. The molecular formula is C13H19ClN4O3. The Hall–Kier alpha value is -1.76. The van der Waals surface area contributed by atoms with Gasteiger partial charge in [-0.25, -0.2) is 4.98 Å². The predicted molar refractivity (Wildman–Crippen MR) is 80.6 cm³/mol. The first kappa shape index (κ1) is 17.3. The fourth-order valence-corrected chi connectivity index (χ4v) is 2.22. The lowest BCUT2D eigenvalue weighted by atomic mass is 10.1. The molecule has 1 heterocycles. The van der Waals surface area contributed by atoms with Gasteiger partial charge in [0.1, 0.15) is 12.5 Å². The maximum absolute atomic E-state index is 11.2. The molecule has 0 radical (unpaired) electrons. The van der Waals surface area contributed by atoms with Gasteiger partial charge in [-0.2, -0.15) is 4.98 Å². The minimum atomic E-state index is -0.539. The van der Waals surface area contributed by atoms with E-state index < -0.39 is 4.92 Å². The summed E-state index contributed by atoms with van der Waals surface area (Å²) in [5.74, 6) is -0.104. The Morgan fingerprint density at radius 2 is 2.19 bits per heavy atom. The molecular weight excluding hydrogens is 296 g/mol. The Bertz CT molecular complexity index is 512. The summed E-state index contributed by atoms with van der Waals surface area (Å²) in [4.78, 5) is 31.0. The third kappa shape index (κ3) is 4.63. The number of nitro groups is 1. The van der Waals surface area contributed by atoms with E-state index >= 15 is 0 Å². The molecule has 0 spiro atoms. The lowest BCUT2D eigenvalue weighted by Gasteiger charge is -2.30. The van der Waals surface area contributed by atoms with Gasteiger partial charge in [-0.3, -0.25) is 10.1 Å². The van der Waals surface area contributed by atoms with Crippen molar-refractivity contribution in [3.8, 4) is 0 Å². The number of carbonyl (C=O) groups is 1. The molecule has 8 heteroatoms. The zero-order valence-electron chi connectivity index (χ0n) is 12.3. The Morgan fingerprint density at radius 1 is 1.52 bits per heavy atom. The Labute approximate surface area is 128 Å². The summed E-state index contributed by atoms with van der Waals surface area (Å²) in [6.45, 7) is 6.08. The quantitative estimate of drug-likeness (QED) is 0.317. The summed E-state index contributed by atoms with van der Waals surface area (Å²) in [6.07, 6.45) is 3.66. The summed E-state index contributed by atoms with van der Waals surface area (Å²) in [6, 6.07) is 0.00191. The Balaban J connectivity index is 3.26. The molecule has 1 aromatic rings. The first-order valence-electron chi connectivity index (χ1n) is 6.79. The topological polar surface area (TPSA) is 89.2 Å². The van der Waals surface area contributed by atoms with Crippen molar-refractivity contribution in [3.63, 3.8) is 0 Å². The smallest absolute Gasteiger partial charge is 0.329 e. The zero-order chi connectivity index (χ0) is 16.0. The van der Waals surface area contributed by atoms with E-state index in [1.807, 2.05) is 13.8 Å². The van der Waals surface area contributed by atoms with Crippen molar-refractivity contribution in [1.29, 1.82) is 0 Å². The van der Waals surface area contributed by atoms with E-state index in [1.165, 1.54) is 0 Å². The van der Waals surface area contributed by atoms with E-state index in [-0.39, 0.29) is 28.7 Å². The number of aromatic nitrogens is 2. The zero-order valence-corrected chi connectivity index (χ0v) is 13.1. The van der Waals surface area contributed by atoms with Crippen LogP contribution in [-0.4, -0.2) is 33.8 Å². The first-order valence-corrected chi connectivity index (χ1v) is 7.17. The first-order chi connectivity index (χ1) is 9.90. The molecule has 0 N–H and O–H groups in total. The Kier molecular flexibility index (Phi) is 6.48. The molecule has 116 valence electrons. The van der Waals surface area contributed by atoms with E-state index in [9.17, 15) is 14.9 Å². The Morgan fingerprint density at radius 3 is 2.71 bits per heavy atom. The van der Waals surface area contributed by atoms with Crippen molar-refractivity contribution >= 4 is 29.4 Å². The fourth-order valence-electron chi connectivity index (χ4n) is 2.09. The second-order valence-electron chi connectivity index (χ2n) is 5.01. The van der Waals surface area contributed by atoms with Gasteiger partial charge in [0.25, 0.3) is 0 Å². The second kappa shape index (κ2) is 7.87. The van der Waals surface area contributed by atoms with E-state index in [1.54, 1.807) is 11.8 Å². The van der Waals surface area contributed by atoms with Gasteiger partial charge in [-0.15, -0.1) is 0 Å². The molecule has 21 heavy (non-hydrogen) atoms. The van der Waals surface area contributed by atoms with Crippen molar-refractivity contribution in [3.05, 3.63) is 21.6 Å². The highest BCUT2D eigenvalue weighted by Gasteiger charge is 2.27. The van der Waals surface area contributed by atoms with E-state index in [0.29, 0.717) is 6.54 Å². The maximum atomic E-state index is 11.2. The molecule has 0 aliphatic heterocycles. The van der Waals surface area contributed by atoms with Crippen LogP contribution < -0.4 is 4.90 Å². The van der Waals surface area contributed by atoms with Gasteiger partial charge in [0.05, 0.1) is 4.92 Å². The van der Waals surface area contributed by atoms with E-state index in [2.05, 4.69) is 9.97 Å². The minimum Gasteiger partial charge on any atom is -0.347 e. The number of carbonyl (C=O) groups excluding carboxylic acids is 1. The summed E-state index contributed by atoms with van der Waals surface area (Å²) in [5.41, 5.74) is -0.208. The molecule has 1 aromatic heterocycles. The third-order valence-corrected chi connectivity index (χ3v) is 3.33. The van der Waals surface area contributed by atoms with Crippen LogP contribution >= 0.6 is 11.6 Å². The third-order valence-electron chi connectivity index (χ3n) is 3.14. The van der Waals surface area contributed by atoms with Crippen LogP contribution in [0.5, 0.6) is 0 Å². The molecule has 0 bridgehead atoms. The van der Waals surface area contributed by atoms with Gasteiger partial charge in [0, 0.05) is 18.5 Å². The molecule has 0 amide bonds. The standard InChI is InChI=1S/C13H19ClN4O3/c1-4-5-10(3)17(7-9(2)8-19)12-11(18(20)21)6-15-13(14)16-12/h6,8-10H,4-5,7H2,1-3H3. The molecule has 0 aliphatic rings. The molecule has 0 aliphatic carbocycles. The van der Waals surface area contributed by atoms with Crippen LogP contribution in [0.4, 0.5) is 11.5 Å². The number of halogens is 1. The van der Waals surface area contributed by atoms with Crippen molar-refractivity contribution in [1.82, 2.24) is 9.97 Å². The molecule has 2 atom stereocenters. The van der Waals surface area contributed by atoms with Gasteiger partial charge < -0.3 is 9.69 Å². The summed E-state index contributed by atoms with van der Waals surface area (Å²) in [7, 11) is 0.